The van der Waals surface area contributed by atoms with Crippen molar-refractivity contribution in [3.63, 3.8) is 0 Å². The Balaban J connectivity index is 1.89. The Bertz CT molecular complexity index is 665. The summed E-state index contributed by atoms with van der Waals surface area (Å²) in [6.45, 7) is 9.56. The van der Waals surface area contributed by atoms with Crippen molar-refractivity contribution in [2.45, 2.75) is 33.4 Å². The molecule has 0 aliphatic carbocycles. The van der Waals surface area contributed by atoms with Gasteiger partial charge in [0.2, 0.25) is 0 Å². The molecule has 1 aliphatic rings. The van der Waals surface area contributed by atoms with E-state index in [-0.39, 0.29) is 0 Å². The Morgan fingerprint density at radius 1 is 1.32 bits per heavy atom. The largest absolute Gasteiger partial charge is 0.378 e. The Morgan fingerprint density at radius 2 is 2.14 bits per heavy atom. The lowest BCUT2D eigenvalue weighted by atomic mass is 10.0. The fourth-order valence-electron chi connectivity index (χ4n) is 3.18. The molecule has 5 nitrogen and oxygen atoms in total. The number of rotatable bonds is 3. The second-order valence-electron chi connectivity index (χ2n) is 6.14. The molecule has 1 aliphatic heterocycles. The van der Waals surface area contributed by atoms with Gasteiger partial charge in [-0.2, -0.15) is 5.10 Å². The number of pyridine rings is 1. The number of morpholine rings is 1. The standard InChI is InChI=1S/C17H24N4O/c1-12-5-6-18-15(9-12)10-21-14(3)17(13(2)19-21)16-11-22-8-7-20(16)4/h5-6,9,16H,7-8,10-11H2,1-4H3. The number of hydrogen-bond donors (Lipinski definition) is 0. The van der Waals surface area contributed by atoms with Gasteiger partial charge in [-0.15, -0.1) is 0 Å². The first-order valence-corrected chi connectivity index (χ1v) is 7.79. The number of likely N-dealkylation sites (N-methyl/N-ethyl adjacent to an activating group) is 1. The van der Waals surface area contributed by atoms with Crippen molar-refractivity contribution in [2.24, 2.45) is 0 Å². The Kier molecular flexibility index (Phi) is 4.27. The van der Waals surface area contributed by atoms with Gasteiger partial charge in [-0.3, -0.25) is 14.6 Å². The van der Waals surface area contributed by atoms with E-state index in [0.29, 0.717) is 12.6 Å². The molecule has 2 aromatic rings. The highest BCUT2D eigenvalue weighted by Gasteiger charge is 2.27. The number of hydrogen-bond acceptors (Lipinski definition) is 4. The first-order chi connectivity index (χ1) is 10.6. The van der Waals surface area contributed by atoms with E-state index in [1.165, 1.54) is 16.8 Å². The summed E-state index contributed by atoms with van der Waals surface area (Å²) in [5.41, 5.74) is 5.88. The van der Waals surface area contributed by atoms with E-state index in [4.69, 9.17) is 9.84 Å². The van der Waals surface area contributed by atoms with Gasteiger partial charge in [0.1, 0.15) is 0 Å². The summed E-state index contributed by atoms with van der Waals surface area (Å²) in [5, 5.41) is 4.74. The van der Waals surface area contributed by atoms with Gasteiger partial charge in [-0.25, -0.2) is 0 Å². The Labute approximate surface area is 131 Å². The third-order valence-corrected chi connectivity index (χ3v) is 4.45. The van der Waals surface area contributed by atoms with E-state index in [2.05, 4.69) is 48.5 Å². The topological polar surface area (TPSA) is 43.2 Å². The molecular weight excluding hydrogens is 276 g/mol. The smallest absolute Gasteiger partial charge is 0.0834 e. The summed E-state index contributed by atoms with van der Waals surface area (Å²) in [4.78, 5) is 6.80. The van der Waals surface area contributed by atoms with Crippen LogP contribution in [0.2, 0.25) is 0 Å². The monoisotopic (exact) mass is 300 g/mol. The van der Waals surface area contributed by atoms with Crippen LogP contribution in [-0.2, 0) is 11.3 Å². The van der Waals surface area contributed by atoms with Crippen molar-refractivity contribution >= 4 is 0 Å². The van der Waals surface area contributed by atoms with Gasteiger partial charge in [0.25, 0.3) is 0 Å². The minimum atomic E-state index is 0.299. The van der Waals surface area contributed by atoms with Gasteiger partial charge >= 0.3 is 0 Å². The molecule has 1 saturated heterocycles. The molecule has 5 heteroatoms. The summed E-state index contributed by atoms with van der Waals surface area (Å²) < 4.78 is 7.73. The molecule has 0 aromatic carbocycles. The van der Waals surface area contributed by atoms with Crippen molar-refractivity contribution in [3.8, 4) is 0 Å². The van der Waals surface area contributed by atoms with Crippen LogP contribution < -0.4 is 0 Å². The third kappa shape index (κ3) is 2.91. The van der Waals surface area contributed by atoms with Crippen LogP contribution in [0.1, 0.15) is 34.3 Å². The first-order valence-electron chi connectivity index (χ1n) is 7.79. The van der Waals surface area contributed by atoms with Crippen LogP contribution in [0.3, 0.4) is 0 Å². The van der Waals surface area contributed by atoms with Crippen LogP contribution in [0.25, 0.3) is 0 Å². The maximum atomic E-state index is 5.67. The molecule has 1 atom stereocenters. The molecule has 0 bridgehead atoms. The maximum Gasteiger partial charge on any atom is 0.0834 e. The molecule has 2 aromatic heterocycles. The lowest BCUT2D eigenvalue weighted by molar-refractivity contribution is 0.00457. The summed E-state index contributed by atoms with van der Waals surface area (Å²) in [5.74, 6) is 0. The van der Waals surface area contributed by atoms with Crippen LogP contribution >= 0.6 is 0 Å². The first kappa shape index (κ1) is 15.2. The van der Waals surface area contributed by atoms with Gasteiger partial charge < -0.3 is 4.74 Å². The highest BCUT2D eigenvalue weighted by Crippen LogP contribution is 2.28. The quantitative estimate of drug-likeness (QED) is 0.872. The van der Waals surface area contributed by atoms with Crippen molar-refractivity contribution in [1.82, 2.24) is 19.7 Å². The predicted octanol–water partition coefficient (Wildman–Crippen LogP) is 2.25. The SMILES string of the molecule is Cc1ccnc(Cn2nc(C)c(C3COCCN3C)c2C)c1. The lowest BCUT2D eigenvalue weighted by Crippen LogP contribution is -2.37. The fourth-order valence-corrected chi connectivity index (χ4v) is 3.18. The molecule has 22 heavy (non-hydrogen) atoms. The van der Waals surface area contributed by atoms with Gasteiger partial charge in [0.05, 0.1) is 37.2 Å². The number of aromatic nitrogens is 3. The molecule has 3 rings (SSSR count). The van der Waals surface area contributed by atoms with E-state index in [9.17, 15) is 0 Å². The average molecular weight is 300 g/mol. The number of ether oxygens (including phenoxy) is 1. The van der Waals surface area contributed by atoms with Crippen molar-refractivity contribution < 1.29 is 4.74 Å². The van der Waals surface area contributed by atoms with E-state index >= 15 is 0 Å². The minimum Gasteiger partial charge on any atom is -0.378 e. The van der Waals surface area contributed by atoms with Crippen LogP contribution in [0, 0.1) is 20.8 Å². The third-order valence-electron chi connectivity index (χ3n) is 4.45. The van der Waals surface area contributed by atoms with Crippen LogP contribution in [0.4, 0.5) is 0 Å². The molecule has 3 heterocycles. The average Bonchev–Trinajstić information content (AvgIpc) is 2.74. The van der Waals surface area contributed by atoms with Gasteiger partial charge in [0, 0.05) is 24.0 Å². The van der Waals surface area contributed by atoms with E-state index in [1.807, 2.05) is 12.3 Å². The minimum absolute atomic E-state index is 0.299. The molecule has 0 N–H and O–H groups in total. The van der Waals surface area contributed by atoms with Gasteiger partial charge in [-0.05, 0) is 45.5 Å². The fraction of sp³-hybridized carbons (Fsp3) is 0.529. The van der Waals surface area contributed by atoms with Crippen LogP contribution in [0.15, 0.2) is 18.3 Å². The van der Waals surface area contributed by atoms with Crippen LogP contribution in [-0.4, -0.2) is 46.5 Å². The second-order valence-corrected chi connectivity index (χ2v) is 6.14. The zero-order valence-electron chi connectivity index (χ0n) is 13.8. The maximum absolute atomic E-state index is 5.67. The van der Waals surface area contributed by atoms with E-state index in [0.717, 1.165) is 31.1 Å². The molecule has 0 saturated carbocycles. The highest BCUT2D eigenvalue weighted by molar-refractivity contribution is 5.29. The molecule has 0 spiro atoms. The van der Waals surface area contributed by atoms with Crippen molar-refractivity contribution in [1.29, 1.82) is 0 Å². The number of aryl methyl sites for hydroxylation is 2. The Hall–Kier alpha value is -1.72. The zero-order valence-corrected chi connectivity index (χ0v) is 13.8. The van der Waals surface area contributed by atoms with Gasteiger partial charge in [-0.1, -0.05) is 0 Å². The van der Waals surface area contributed by atoms with E-state index < -0.39 is 0 Å². The van der Waals surface area contributed by atoms with E-state index in [1.54, 1.807) is 0 Å². The zero-order chi connectivity index (χ0) is 15.7. The molecule has 1 unspecified atom stereocenters. The number of nitrogens with zero attached hydrogens (tertiary/aromatic N) is 4. The van der Waals surface area contributed by atoms with Crippen molar-refractivity contribution in [3.05, 3.63) is 46.5 Å². The van der Waals surface area contributed by atoms with Crippen molar-refractivity contribution in [2.75, 3.05) is 26.8 Å². The predicted molar refractivity (Wildman–Crippen MR) is 86.0 cm³/mol. The molecule has 0 radical (unpaired) electrons. The molecule has 1 fully saturated rings. The highest BCUT2D eigenvalue weighted by atomic mass is 16.5. The van der Waals surface area contributed by atoms with Gasteiger partial charge in [0.15, 0.2) is 0 Å². The van der Waals surface area contributed by atoms with Crippen LogP contribution in [0.5, 0.6) is 0 Å². The summed E-state index contributed by atoms with van der Waals surface area (Å²) in [6.07, 6.45) is 1.86. The summed E-state index contributed by atoms with van der Waals surface area (Å²) >= 11 is 0. The Morgan fingerprint density at radius 3 is 2.86 bits per heavy atom. The second kappa shape index (κ2) is 6.18. The molecule has 118 valence electrons. The lowest BCUT2D eigenvalue weighted by Gasteiger charge is -2.32. The summed E-state index contributed by atoms with van der Waals surface area (Å²) in [7, 11) is 2.16. The molecule has 0 amide bonds. The molecular formula is C17H24N4O. The summed E-state index contributed by atoms with van der Waals surface area (Å²) in [6, 6.07) is 4.43. The normalized spacial score (nSPS) is 19.5.